The van der Waals surface area contributed by atoms with Crippen LogP contribution in [0.3, 0.4) is 0 Å². The molecule has 3 aromatic heterocycles. The third-order valence-corrected chi connectivity index (χ3v) is 8.20. The lowest BCUT2D eigenvalue weighted by atomic mass is 9.92. The lowest BCUT2D eigenvalue weighted by Gasteiger charge is -2.20. The van der Waals surface area contributed by atoms with Crippen molar-refractivity contribution < 1.29 is 33.3 Å². The summed E-state index contributed by atoms with van der Waals surface area (Å²) in [4.78, 5) is 44.9. The van der Waals surface area contributed by atoms with Crippen molar-refractivity contribution in [3.63, 3.8) is 0 Å². The van der Waals surface area contributed by atoms with Crippen LogP contribution in [0.4, 0.5) is 10.3 Å². The van der Waals surface area contributed by atoms with Gasteiger partial charge in [0.15, 0.2) is 38.8 Å². The van der Waals surface area contributed by atoms with Crippen LogP contribution in [0.1, 0.15) is 65.7 Å². The highest BCUT2D eigenvalue weighted by molar-refractivity contribution is 7.14. The second-order valence-electron chi connectivity index (χ2n) is 9.53. The smallest absolute Gasteiger partial charge is 0.357 e. The summed E-state index contributed by atoms with van der Waals surface area (Å²) < 4.78 is 19.3. The maximum atomic E-state index is 12.7. The second-order valence-corrected chi connectivity index (χ2v) is 11.2. The Morgan fingerprint density at radius 3 is 2.71 bits per heavy atom. The molecule has 0 saturated carbocycles. The number of fused-ring (bicyclic) bond motifs is 2. The van der Waals surface area contributed by atoms with E-state index >= 15 is 0 Å². The number of hydrogen-bond acceptors (Lipinski definition) is 11. The summed E-state index contributed by atoms with van der Waals surface area (Å²) in [6.07, 6.45) is 8.93. The molecule has 0 fully saturated rings. The summed E-state index contributed by atoms with van der Waals surface area (Å²) in [7, 11) is 1.54. The molecule has 4 heterocycles. The number of rotatable bonds is 11. The fourth-order valence-corrected chi connectivity index (χ4v) is 6.13. The molecule has 0 aromatic carbocycles. The highest BCUT2D eigenvalue weighted by Crippen LogP contribution is 2.37. The zero-order valence-electron chi connectivity index (χ0n) is 23.1. The van der Waals surface area contributed by atoms with E-state index in [2.05, 4.69) is 20.6 Å². The normalized spacial score (nSPS) is 15.8. The van der Waals surface area contributed by atoms with Gasteiger partial charge in [0.05, 0.1) is 32.4 Å². The minimum absolute atomic E-state index is 0.108. The van der Waals surface area contributed by atoms with Gasteiger partial charge in [-0.05, 0) is 38.7 Å². The average molecular weight is 615 g/mol. The number of anilines is 2. The second kappa shape index (κ2) is 13.2. The standard InChI is InChI=1S/C27H30N6O7S2/c1-3-39-25(36)18-15-42-27(29-18)31-24(35)17-14-41-26(28-17)30-22(34)9-6-10-40-21-13-32-11-16-7-4-5-8-19(16)33(37)12-20(32)23(21)38-2/h8,12-16H,3-7,9-11H2,1-2H3,(H,28,30,34)(H,29,31,35). The van der Waals surface area contributed by atoms with Crippen molar-refractivity contribution in [3.8, 4) is 11.5 Å². The van der Waals surface area contributed by atoms with Crippen molar-refractivity contribution in [2.24, 2.45) is 5.92 Å². The van der Waals surface area contributed by atoms with Gasteiger partial charge in [0, 0.05) is 23.7 Å². The van der Waals surface area contributed by atoms with Crippen LogP contribution in [0.5, 0.6) is 11.5 Å². The highest BCUT2D eigenvalue weighted by Gasteiger charge is 2.31. The van der Waals surface area contributed by atoms with Crippen molar-refractivity contribution in [1.29, 1.82) is 0 Å². The van der Waals surface area contributed by atoms with Gasteiger partial charge in [-0.3, -0.25) is 14.9 Å². The molecule has 1 unspecified atom stereocenters. The van der Waals surface area contributed by atoms with Crippen molar-refractivity contribution in [2.45, 2.75) is 45.6 Å². The molecule has 0 spiro atoms. The molecule has 3 aromatic rings. The van der Waals surface area contributed by atoms with Crippen LogP contribution in [0.2, 0.25) is 0 Å². The van der Waals surface area contributed by atoms with Gasteiger partial charge in [0.2, 0.25) is 12.1 Å². The van der Waals surface area contributed by atoms with E-state index in [0.29, 0.717) is 30.2 Å². The number of nitrogens with one attached hydrogen (secondary N) is 2. The summed E-state index contributed by atoms with van der Waals surface area (Å²) in [5, 5.41) is 21.5. The van der Waals surface area contributed by atoms with E-state index in [1.165, 1.54) is 24.1 Å². The van der Waals surface area contributed by atoms with Crippen molar-refractivity contribution in [3.05, 3.63) is 51.0 Å². The molecule has 0 radical (unpaired) electrons. The van der Waals surface area contributed by atoms with Crippen LogP contribution < -0.4 is 20.1 Å². The number of hydroxylamine groups is 1. The number of methoxy groups -OCH3 is 1. The van der Waals surface area contributed by atoms with E-state index in [0.717, 1.165) is 52.4 Å². The average Bonchev–Trinajstić information content (AvgIpc) is 3.69. The van der Waals surface area contributed by atoms with E-state index in [4.69, 9.17) is 14.2 Å². The first-order valence-corrected chi connectivity index (χ1v) is 15.2. The summed E-state index contributed by atoms with van der Waals surface area (Å²) in [6, 6.07) is 0. The first-order valence-electron chi connectivity index (χ1n) is 13.5. The fourth-order valence-electron chi connectivity index (χ4n) is 4.75. The number of aromatic nitrogens is 3. The van der Waals surface area contributed by atoms with Gasteiger partial charge in [-0.1, -0.05) is 0 Å². The summed E-state index contributed by atoms with van der Waals surface area (Å²) in [6.45, 7) is 2.85. The predicted molar refractivity (Wildman–Crippen MR) is 157 cm³/mol. The Labute approximate surface area is 249 Å². The molecule has 2 amide bonds. The first kappa shape index (κ1) is 29.3. The number of hydrogen-bond donors (Lipinski definition) is 2. The quantitative estimate of drug-likeness (QED) is 0.139. The number of thiazole rings is 2. The van der Waals surface area contributed by atoms with Crippen LogP contribution in [-0.4, -0.2) is 63.6 Å². The first-order chi connectivity index (χ1) is 20.4. The highest BCUT2D eigenvalue weighted by atomic mass is 32.1. The summed E-state index contributed by atoms with van der Waals surface area (Å²) in [5.74, 6) is -0.195. The Kier molecular flexibility index (Phi) is 9.17. The summed E-state index contributed by atoms with van der Waals surface area (Å²) >= 11 is 2.21. The Bertz CT molecular complexity index is 1540. The molecule has 222 valence electrons. The Hall–Kier alpha value is -4.24. The number of allylic oxidation sites excluding steroid dienone is 2. The monoisotopic (exact) mass is 614 g/mol. The molecule has 1 atom stereocenters. The maximum Gasteiger partial charge on any atom is 0.357 e. The molecular formula is C27H30N6O7S2. The van der Waals surface area contributed by atoms with Crippen LogP contribution in [0, 0.1) is 11.1 Å². The molecular weight excluding hydrogens is 584 g/mol. The van der Waals surface area contributed by atoms with E-state index in [-0.39, 0.29) is 53.1 Å². The molecule has 0 saturated heterocycles. The molecule has 2 N–H and O–H groups in total. The van der Waals surface area contributed by atoms with Crippen LogP contribution in [-0.2, 0) is 16.1 Å². The number of nitrogens with zero attached hydrogens (tertiary/aromatic N) is 4. The van der Waals surface area contributed by atoms with Gasteiger partial charge in [-0.2, -0.15) is 4.74 Å². The van der Waals surface area contributed by atoms with Gasteiger partial charge in [0.1, 0.15) is 5.69 Å². The van der Waals surface area contributed by atoms with Gasteiger partial charge in [-0.15, -0.1) is 22.7 Å². The Balaban J connectivity index is 1.10. The molecule has 0 bridgehead atoms. The van der Waals surface area contributed by atoms with Gasteiger partial charge in [-0.25, -0.2) is 14.8 Å². The Morgan fingerprint density at radius 2 is 1.93 bits per heavy atom. The molecule has 42 heavy (non-hydrogen) atoms. The number of carbonyl (C=O) groups is 3. The molecule has 13 nitrogen and oxygen atoms in total. The Morgan fingerprint density at radius 1 is 1.17 bits per heavy atom. The van der Waals surface area contributed by atoms with Crippen molar-refractivity contribution in [2.75, 3.05) is 31.0 Å². The van der Waals surface area contributed by atoms with Gasteiger partial charge >= 0.3 is 5.97 Å². The summed E-state index contributed by atoms with van der Waals surface area (Å²) in [5.41, 5.74) is 1.68. The van der Waals surface area contributed by atoms with Crippen molar-refractivity contribution in [1.82, 2.24) is 14.5 Å². The minimum Gasteiger partial charge on any atom is -0.618 e. The number of esters is 1. The molecule has 15 heteroatoms. The third kappa shape index (κ3) is 6.62. The minimum atomic E-state index is -0.565. The van der Waals surface area contributed by atoms with E-state index in [1.807, 2.05) is 16.8 Å². The van der Waals surface area contributed by atoms with Crippen molar-refractivity contribution >= 4 is 56.9 Å². The van der Waals surface area contributed by atoms with Crippen LogP contribution in [0.15, 0.2) is 28.7 Å². The zero-order valence-corrected chi connectivity index (χ0v) is 24.7. The largest absolute Gasteiger partial charge is 0.618 e. The number of amides is 2. The van der Waals surface area contributed by atoms with E-state index < -0.39 is 11.9 Å². The maximum absolute atomic E-state index is 12.7. The van der Waals surface area contributed by atoms with Gasteiger partial charge < -0.3 is 29.3 Å². The topological polar surface area (TPSA) is 160 Å². The van der Waals surface area contributed by atoms with Gasteiger partial charge in [0.25, 0.3) is 5.91 Å². The van der Waals surface area contributed by atoms with Crippen LogP contribution >= 0.6 is 22.7 Å². The van der Waals surface area contributed by atoms with Crippen LogP contribution in [0.25, 0.3) is 0 Å². The zero-order chi connectivity index (χ0) is 29.6. The molecule has 5 rings (SSSR count). The fraction of sp³-hybridized carbons (Fsp3) is 0.407. The van der Waals surface area contributed by atoms with E-state index in [9.17, 15) is 19.6 Å². The molecule has 2 aliphatic rings. The molecule has 1 aliphatic carbocycles. The third-order valence-electron chi connectivity index (χ3n) is 6.68. The predicted octanol–water partition coefficient (Wildman–Crippen LogP) is 4.26. The number of ether oxygens (including phenoxy) is 3. The lowest BCUT2D eigenvalue weighted by Crippen LogP contribution is -2.18. The van der Waals surface area contributed by atoms with E-state index in [1.54, 1.807) is 6.92 Å². The lowest BCUT2D eigenvalue weighted by molar-refractivity contribution is -0.406. The molecule has 1 aliphatic heterocycles. The number of carbonyl (C=O) groups excluding carboxylic acids is 3. The SMILES string of the molecule is CCOC(=O)c1csc(NC(=O)c2csc(NC(=O)CCCOc3cn4c(c3OC)C=[N+]([O-])C3=CCCCC3C4)n2)n1.